The van der Waals surface area contributed by atoms with Crippen LogP contribution in [0.2, 0.25) is 0 Å². The van der Waals surface area contributed by atoms with E-state index in [0.717, 1.165) is 48.8 Å². The molecule has 8 nitrogen and oxygen atoms in total. The van der Waals surface area contributed by atoms with Crippen LogP contribution in [0.5, 0.6) is 0 Å². The molecule has 3 heterocycles. The Morgan fingerprint density at radius 3 is 2.59 bits per heavy atom. The first kappa shape index (κ1) is 17.1. The van der Waals surface area contributed by atoms with E-state index < -0.39 is 0 Å². The third-order valence-corrected chi connectivity index (χ3v) is 4.75. The standard InChI is InChI=1S/C19H21N7O/c1-13-22-18(25-24-13)14-2-4-16(5-3-14)23-19(27)15-6-10-26(11-7-15)17-12-20-8-9-21-17/h2-5,8-9,12,15H,6-7,10-11H2,1H3,(H,23,27)(H,22,24,25). The minimum Gasteiger partial charge on any atom is -0.355 e. The Morgan fingerprint density at radius 1 is 1.19 bits per heavy atom. The number of carbonyl (C=O) groups is 1. The lowest BCUT2D eigenvalue weighted by Gasteiger charge is -2.31. The third kappa shape index (κ3) is 3.94. The second kappa shape index (κ2) is 7.53. The minimum absolute atomic E-state index is 0.00764. The second-order valence-electron chi connectivity index (χ2n) is 6.64. The van der Waals surface area contributed by atoms with Crippen LogP contribution < -0.4 is 10.2 Å². The van der Waals surface area contributed by atoms with Crippen LogP contribution >= 0.6 is 0 Å². The fourth-order valence-corrected chi connectivity index (χ4v) is 3.24. The average Bonchev–Trinajstić information content (AvgIpc) is 3.16. The molecule has 138 valence electrons. The number of benzene rings is 1. The van der Waals surface area contributed by atoms with E-state index in [2.05, 4.69) is 35.4 Å². The molecule has 1 aromatic carbocycles. The van der Waals surface area contributed by atoms with Crippen LogP contribution in [-0.2, 0) is 4.79 Å². The molecule has 0 bridgehead atoms. The minimum atomic E-state index is 0.00764. The number of H-pyrrole nitrogens is 1. The SMILES string of the molecule is Cc1nc(-c2ccc(NC(=O)C3CCN(c4cnccn4)CC3)cc2)n[nH]1. The van der Waals surface area contributed by atoms with Crippen LogP contribution in [-0.4, -0.2) is 44.1 Å². The predicted molar refractivity (Wildman–Crippen MR) is 102 cm³/mol. The van der Waals surface area contributed by atoms with Gasteiger partial charge in [0, 0.05) is 42.7 Å². The number of aromatic amines is 1. The van der Waals surface area contributed by atoms with E-state index in [0.29, 0.717) is 5.82 Å². The average molecular weight is 363 g/mol. The van der Waals surface area contributed by atoms with Crippen LogP contribution in [0, 0.1) is 12.8 Å². The van der Waals surface area contributed by atoms with Gasteiger partial charge in [0.05, 0.1) is 6.20 Å². The molecule has 0 atom stereocenters. The molecule has 1 amide bonds. The Bertz CT molecular complexity index is 899. The number of nitrogens with zero attached hydrogens (tertiary/aromatic N) is 5. The van der Waals surface area contributed by atoms with Gasteiger partial charge < -0.3 is 10.2 Å². The summed E-state index contributed by atoms with van der Waals surface area (Å²) < 4.78 is 0. The summed E-state index contributed by atoms with van der Waals surface area (Å²) in [6.07, 6.45) is 6.72. The van der Waals surface area contributed by atoms with Gasteiger partial charge in [0.1, 0.15) is 11.6 Å². The molecule has 0 radical (unpaired) electrons. The molecule has 1 saturated heterocycles. The topological polar surface area (TPSA) is 99.7 Å². The molecule has 1 aliphatic heterocycles. The summed E-state index contributed by atoms with van der Waals surface area (Å²) in [5.41, 5.74) is 1.70. The van der Waals surface area contributed by atoms with Gasteiger partial charge in [0.25, 0.3) is 0 Å². The maximum Gasteiger partial charge on any atom is 0.227 e. The zero-order valence-corrected chi connectivity index (χ0v) is 15.1. The maximum atomic E-state index is 12.6. The molecule has 1 aliphatic rings. The highest BCUT2D eigenvalue weighted by Gasteiger charge is 2.25. The molecular weight excluding hydrogens is 342 g/mol. The van der Waals surface area contributed by atoms with E-state index in [4.69, 9.17) is 0 Å². The summed E-state index contributed by atoms with van der Waals surface area (Å²) in [4.78, 5) is 27.5. The van der Waals surface area contributed by atoms with Gasteiger partial charge >= 0.3 is 0 Å². The fraction of sp³-hybridized carbons (Fsp3) is 0.316. The number of anilines is 2. The molecule has 0 spiro atoms. The zero-order valence-electron chi connectivity index (χ0n) is 15.1. The zero-order chi connectivity index (χ0) is 18.6. The molecule has 8 heteroatoms. The van der Waals surface area contributed by atoms with Crippen molar-refractivity contribution in [1.29, 1.82) is 0 Å². The Kier molecular flexibility index (Phi) is 4.78. The summed E-state index contributed by atoms with van der Waals surface area (Å²) in [5, 5.41) is 9.99. The van der Waals surface area contributed by atoms with E-state index in [-0.39, 0.29) is 11.8 Å². The van der Waals surface area contributed by atoms with E-state index in [1.807, 2.05) is 31.2 Å². The van der Waals surface area contributed by atoms with Gasteiger partial charge in [0.15, 0.2) is 5.82 Å². The van der Waals surface area contributed by atoms with E-state index in [1.165, 1.54) is 0 Å². The van der Waals surface area contributed by atoms with Gasteiger partial charge in [-0.15, -0.1) is 0 Å². The van der Waals surface area contributed by atoms with Crippen molar-refractivity contribution < 1.29 is 4.79 Å². The Hall–Kier alpha value is -3.29. The van der Waals surface area contributed by atoms with Crippen molar-refractivity contribution in [3.05, 3.63) is 48.7 Å². The van der Waals surface area contributed by atoms with Crippen LogP contribution in [0.4, 0.5) is 11.5 Å². The lowest BCUT2D eigenvalue weighted by atomic mass is 9.96. The number of carbonyl (C=O) groups excluding carboxylic acids is 1. The summed E-state index contributed by atoms with van der Waals surface area (Å²) in [5.74, 6) is 2.37. The number of rotatable bonds is 4. The quantitative estimate of drug-likeness (QED) is 0.738. The van der Waals surface area contributed by atoms with Crippen molar-refractivity contribution in [3.63, 3.8) is 0 Å². The van der Waals surface area contributed by atoms with Gasteiger partial charge in [-0.1, -0.05) is 0 Å². The van der Waals surface area contributed by atoms with Crippen molar-refractivity contribution >= 4 is 17.4 Å². The number of amides is 1. The normalized spacial score (nSPS) is 14.9. The lowest BCUT2D eigenvalue weighted by Crippen LogP contribution is -2.38. The van der Waals surface area contributed by atoms with E-state index >= 15 is 0 Å². The van der Waals surface area contributed by atoms with Crippen molar-refractivity contribution in [3.8, 4) is 11.4 Å². The number of aromatic nitrogens is 5. The monoisotopic (exact) mass is 363 g/mol. The van der Waals surface area contributed by atoms with Crippen molar-refractivity contribution in [2.75, 3.05) is 23.3 Å². The smallest absolute Gasteiger partial charge is 0.227 e. The molecule has 0 unspecified atom stereocenters. The van der Waals surface area contributed by atoms with Gasteiger partial charge in [0.2, 0.25) is 5.91 Å². The van der Waals surface area contributed by atoms with E-state index in [1.54, 1.807) is 18.6 Å². The van der Waals surface area contributed by atoms with Gasteiger partial charge in [-0.3, -0.25) is 14.9 Å². The number of hydrogen-bond donors (Lipinski definition) is 2. The molecule has 2 aromatic heterocycles. The molecule has 4 rings (SSSR count). The predicted octanol–water partition coefficient (Wildman–Crippen LogP) is 2.43. The lowest BCUT2D eigenvalue weighted by molar-refractivity contribution is -0.120. The molecule has 0 aliphatic carbocycles. The second-order valence-corrected chi connectivity index (χ2v) is 6.64. The molecule has 0 saturated carbocycles. The highest BCUT2D eigenvalue weighted by molar-refractivity contribution is 5.92. The Morgan fingerprint density at radius 2 is 1.96 bits per heavy atom. The maximum absolute atomic E-state index is 12.6. The summed E-state index contributed by atoms with van der Waals surface area (Å²) in [6, 6.07) is 7.59. The molecule has 3 aromatic rings. The molecule has 1 fully saturated rings. The van der Waals surface area contributed by atoms with Gasteiger partial charge in [-0.2, -0.15) is 5.10 Å². The third-order valence-electron chi connectivity index (χ3n) is 4.75. The van der Waals surface area contributed by atoms with E-state index in [9.17, 15) is 4.79 Å². The first-order chi connectivity index (χ1) is 13.2. The summed E-state index contributed by atoms with van der Waals surface area (Å²) in [7, 11) is 0. The van der Waals surface area contributed by atoms with Crippen LogP contribution in [0.15, 0.2) is 42.9 Å². The molecular formula is C19H21N7O. The first-order valence-corrected chi connectivity index (χ1v) is 9.00. The summed E-state index contributed by atoms with van der Waals surface area (Å²) in [6.45, 7) is 3.47. The van der Waals surface area contributed by atoms with Gasteiger partial charge in [-0.25, -0.2) is 9.97 Å². The van der Waals surface area contributed by atoms with Crippen molar-refractivity contribution in [1.82, 2.24) is 25.1 Å². The summed E-state index contributed by atoms with van der Waals surface area (Å²) >= 11 is 0. The number of hydrogen-bond acceptors (Lipinski definition) is 6. The fourth-order valence-electron chi connectivity index (χ4n) is 3.24. The number of piperidine rings is 1. The van der Waals surface area contributed by atoms with Gasteiger partial charge in [-0.05, 0) is 44.0 Å². The van der Waals surface area contributed by atoms with Crippen LogP contribution in [0.1, 0.15) is 18.7 Å². The largest absolute Gasteiger partial charge is 0.355 e. The van der Waals surface area contributed by atoms with Crippen LogP contribution in [0.25, 0.3) is 11.4 Å². The van der Waals surface area contributed by atoms with Crippen molar-refractivity contribution in [2.45, 2.75) is 19.8 Å². The van der Waals surface area contributed by atoms with Crippen molar-refractivity contribution in [2.24, 2.45) is 5.92 Å². The highest BCUT2D eigenvalue weighted by atomic mass is 16.1. The highest BCUT2D eigenvalue weighted by Crippen LogP contribution is 2.23. The number of nitrogens with one attached hydrogen (secondary N) is 2. The first-order valence-electron chi connectivity index (χ1n) is 9.00. The molecule has 27 heavy (non-hydrogen) atoms. The Labute approximate surface area is 157 Å². The van der Waals surface area contributed by atoms with Crippen LogP contribution in [0.3, 0.4) is 0 Å². The molecule has 2 N–H and O–H groups in total. The Balaban J connectivity index is 1.33. The number of aryl methyl sites for hydroxylation is 1.